The first-order valence-corrected chi connectivity index (χ1v) is 12.9. The van der Waals surface area contributed by atoms with Gasteiger partial charge in [0.15, 0.2) is 0 Å². The SMILES string of the molecule is Cc1ccc(OCCNC(=O)c2ccc(CN(c3ccccc3C(F)(F)F)S(C)(=O)=O)cc2)cc1C. The van der Waals surface area contributed by atoms with Crippen LogP contribution in [0.25, 0.3) is 0 Å². The number of para-hydroxylation sites is 1. The molecule has 3 aromatic rings. The zero-order valence-electron chi connectivity index (χ0n) is 20.1. The predicted molar refractivity (Wildman–Crippen MR) is 133 cm³/mol. The Morgan fingerprint density at radius 2 is 1.64 bits per heavy atom. The highest BCUT2D eigenvalue weighted by Crippen LogP contribution is 2.37. The highest BCUT2D eigenvalue weighted by molar-refractivity contribution is 7.92. The number of halogens is 3. The van der Waals surface area contributed by atoms with Gasteiger partial charge in [-0.25, -0.2) is 8.42 Å². The van der Waals surface area contributed by atoms with Gasteiger partial charge in [0, 0.05) is 5.56 Å². The van der Waals surface area contributed by atoms with E-state index in [0.717, 1.165) is 29.5 Å². The zero-order chi connectivity index (χ0) is 26.5. The highest BCUT2D eigenvalue weighted by Gasteiger charge is 2.36. The van der Waals surface area contributed by atoms with Gasteiger partial charge in [0.05, 0.1) is 30.6 Å². The average molecular weight is 521 g/mol. The molecule has 3 aromatic carbocycles. The number of alkyl halides is 3. The van der Waals surface area contributed by atoms with E-state index in [4.69, 9.17) is 4.74 Å². The fourth-order valence-electron chi connectivity index (χ4n) is 3.48. The van der Waals surface area contributed by atoms with Crippen LogP contribution < -0.4 is 14.4 Å². The quantitative estimate of drug-likeness (QED) is 0.399. The summed E-state index contributed by atoms with van der Waals surface area (Å²) in [5, 5.41) is 2.73. The molecule has 0 aromatic heterocycles. The Morgan fingerprint density at radius 3 is 2.25 bits per heavy atom. The molecule has 192 valence electrons. The summed E-state index contributed by atoms with van der Waals surface area (Å²) >= 11 is 0. The second-order valence-electron chi connectivity index (χ2n) is 8.33. The minimum absolute atomic E-state index is 0.267. The summed E-state index contributed by atoms with van der Waals surface area (Å²) in [4.78, 5) is 12.4. The van der Waals surface area contributed by atoms with Crippen molar-refractivity contribution in [3.05, 3.63) is 94.5 Å². The largest absolute Gasteiger partial charge is 0.492 e. The molecule has 36 heavy (non-hydrogen) atoms. The summed E-state index contributed by atoms with van der Waals surface area (Å²) in [6.07, 6.45) is -3.87. The lowest BCUT2D eigenvalue weighted by Crippen LogP contribution is -2.31. The number of ether oxygens (including phenoxy) is 1. The number of carbonyl (C=O) groups excluding carboxylic acids is 1. The van der Waals surface area contributed by atoms with Crippen LogP contribution in [0, 0.1) is 13.8 Å². The van der Waals surface area contributed by atoms with Crippen molar-refractivity contribution in [2.24, 2.45) is 0 Å². The maximum Gasteiger partial charge on any atom is 0.418 e. The molecule has 0 radical (unpaired) electrons. The summed E-state index contributed by atoms with van der Waals surface area (Å²) in [7, 11) is -4.03. The molecule has 0 bridgehead atoms. The van der Waals surface area contributed by atoms with E-state index in [1.165, 1.54) is 36.4 Å². The first-order valence-electron chi connectivity index (χ1n) is 11.1. The minimum Gasteiger partial charge on any atom is -0.492 e. The maximum atomic E-state index is 13.5. The third-order valence-corrected chi connectivity index (χ3v) is 6.68. The minimum atomic E-state index is -4.72. The molecule has 6 nitrogen and oxygen atoms in total. The molecule has 0 atom stereocenters. The summed E-state index contributed by atoms with van der Waals surface area (Å²) in [6, 6.07) is 16.2. The number of benzene rings is 3. The number of nitrogens with zero attached hydrogens (tertiary/aromatic N) is 1. The van der Waals surface area contributed by atoms with Crippen molar-refractivity contribution in [2.75, 3.05) is 23.7 Å². The van der Waals surface area contributed by atoms with Crippen LogP contribution in [-0.2, 0) is 22.7 Å². The number of nitrogens with one attached hydrogen (secondary N) is 1. The van der Waals surface area contributed by atoms with E-state index in [1.54, 1.807) is 0 Å². The summed E-state index contributed by atoms with van der Waals surface area (Å²) < 4.78 is 71.4. The van der Waals surface area contributed by atoms with Gasteiger partial charge in [-0.1, -0.05) is 30.3 Å². The summed E-state index contributed by atoms with van der Waals surface area (Å²) in [6.45, 7) is 4.21. The monoisotopic (exact) mass is 520 g/mol. The van der Waals surface area contributed by atoms with Crippen LogP contribution in [0.15, 0.2) is 66.7 Å². The van der Waals surface area contributed by atoms with Crippen LogP contribution in [0.1, 0.15) is 32.6 Å². The normalized spacial score (nSPS) is 11.7. The second kappa shape index (κ2) is 11.0. The van der Waals surface area contributed by atoms with Gasteiger partial charge in [-0.3, -0.25) is 9.10 Å². The topological polar surface area (TPSA) is 75.7 Å². The lowest BCUT2D eigenvalue weighted by Gasteiger charge is -2.25. The second-order valence-corrected chi connectivity index (χ2v) is 10.2. The molecule has 1 amide bonds. The van der Waals surface area contributed by atoms with Crippen LogP contribution >= 0.6 is 0 Å². The van der Waals surface area contributed by atoms with E-state index in [-0.39, 0.29) is 25.6 Å². The Labute approximate surface area is 208 Å². The van der Waals surface area contributed by atoms with Crippen LogP contribution in [0.3, 0.4) is 0 Å². The van der Waals surface area contributed by atoms with E-state index in [0.29, 0.717) is 21.2 Å². The van der Waals surface area contributed by atoms with Crippen molar-refractivity contribution in [3.8, 4) is 5.75 Å². The van der Waals surface area contributed by atoms with Gasteiger partial charge in [0.1, 0.15) is 12.4 Å². The van der Waals surface area contributed by atoms with Crippen molar-refractivity contribution in [1.29, 1.82) is 0 Å². The van der Waals surface area contributed by atoms with E-state index < -0.39 is 27.5 Å². The van der Waals surface area contributed by atoms with Crippen molar-refractivity contribution in [1.82, 2.24) is 5.32 Å². The fourth-order valence-corrected chi connectivity index (χ4v) is 4.38. The van der Waals surface area contributed by atoms with E-state index in [2.05, 4.69) is 5.32 Å². The van der Waals surface area contributed by atoms with Gasteiger partial charge in [-0.05, 0) is 66.9 Å². The lowest BCUT2D eigenvalue weighted by atomic mass is 10.1. The van der Waals surface area contributed by atoms with Gasteiger partial charge in [0.2, 0.25) is 10.0 Å². The number of aryl methyl sites for hydroxylation is 2. The molecule has 10 heteroatoms. The van der Waals surface area contributed by atoms with E-state index in [1.807, 2.05) is 32.0 Å². The number of hydrogen-bond acceptors (Lipinski definition) is 4. The standard InChI is InChI=1S/C26H27F3N2O4S/c1-18-8-13-22(16-19(18)2)35-15-14-30-25(32)21-11-9-20(10-12-21)17-31(36(3,33)34)24-7-5-4-6-23(24)26(27,28)29/h4-13,16H,14-15,17H2,1-3H3,(H,30,32). The smallest absolute Gasteiger partial charge is 0.418 e. The Morgan fingerprint density at radius 1 is 0.972 bits per heavy atom. The Balaban J connectivity index is 1.64. The third-order valence-electron chi connectivity index (χ3n) is 5.56. The van der Waals surface area contributed by atoms with Gasteiger partial charge < -0.3 is 10.1 Å². The molecule has 0 saturated carbocycles. The fraction of sp³-hybridized carbons (Fsp3) is 0.269. The van der Waals surface area contributed by atoms with Gasteiger partial charge in [-0.15, -0.1) is 0 Å². The molecule has 0 heterocycles. The molecular weight excluding hydrogens is 493 g/mol. The Kier molecular flexibility index (Phi) is 8.29. The molecular formula is C26H27F3N2O4S. The molecule has 0 spiro atoms. The maximum absolute atomic E-state index is 13.5. The molecule has 1 N–H and O–H groups in total. The van der Waals surface area contributed by atoms with Crippen LogP contribution in [0.4, 0.5) is 18.9 Å². The third kappa shape index (κ3) is 7.00. The number of carbonyl (C=O) groups is 1. The van der Waals surface area contributed by atoms with E-state index in [9.17, 15) is 26.4 Å². The number of hydrogen-bond donors (Lipinski definition) is 1. The molecule has 0 aliphatic carbocycles. The molecule has 0 aliphatic heterocycles. The number of amides is 1. The number of anilines is 1. The molecule has 0 aliphatic rings. The highest BCUT2D eigenvalue weighted by atomic mass is 32.2. The Hall–Kier alpha value is -3.53. The lowest BCUT2D eigenvalue weighted by molar-refractivity contribution is -0.137. The molecule has 3 rings (SSSR count). The van der Waals surface area contributed by atoms with Gasteiger partial charge in [0.25, 0.3) is 5.91 Å². The summed E-state index contributed by atoms with van der Waals surface area (Å²) in [5.41, 5.74) is 1.50. The van der Waals surface area contributed by atoms with Crippen LogP contribution in [0.2, 0.25) is 0 Å². The average Bonchev–Trinajstić information content (AvgIpc) is 2.81. The van der Waals surface area contributed by atoms with Crippen molar-refractivity contribution < 1.29 is 31.1 Å². The molecule has 0 fully saturated rings. The molecule has 0 unspecified atom stereocenters. The zero-order valence-corrected chi connectivity index (χ0v) is 20.9. The van der Waals surface area contributed by atoms with Gasteiger partial charge >= 0.3 is 6.18 Å². The van der Waals surface area contributed by atoms with Gasteiger partial charge in [-0.2, -0.15) is 13.2 Å². The first kappa shape index (κ1) is 27.1. The predicted octanol–water partition coefficient (Wildman–Crippen LogP) is 5.10. The van der Waals surface area contributed by atoms with Crippen LogP contribution in [-0.4, -0.2) is 33.7 Å². The number of rotatable bonds is 9. The Bertz CT molecular complexity index is 1320. The molecule has 0 saturated heterocycles. The summed E-state index contributed by atoms with van der Waals surface area (Å²) in [5.74, 6) is 0.354. The first-order chi connectivity index (χ1) is 16.9. The van der Waals surface area contributed by atoms with Crippen molar-refractivity contribution in [2.45, 2.75) is 26.6 Å². The van der Waals surface area contributed by atoms with Crippen LogP contribution in [0.5, 0.6) is 5.75 Å². The van der Waals surface area contributed by atoms with E-state index >= 15 is 0 Å². The van der Waals surface area contributed by atoms with Crippen molar-refractivity contribution in [3.63, 3.8) is 0 Å². The number of sulfonamides is 1. The van der Waals surface area contributed by atoms with Crippen molar-refractivity contribution >= 4 is 21.6 Å².